The first-order valence-electron chi connectivity index (χ1n) is 7.94. The van der Waals surface area contributed by atoms with Crippen LogP contribution in [-0.2, 0) is 6.54 Å². The molecule has 5 heteroatoms. The molecular formula is C16H25N3OS. The van der Waals surface area contributed by atoms with Crippen LogP contribution in [0, 0.1) is 13.8 Å². The van der Waals surface area contributed by atoms with E-state index in [9.17, 15) is 5.11 Å². The van der Waals surface area contributed by atoms with Gasteiger partial charge in [-0.05, 0) is 26.7 Å². The van der Waals surface area contributed by atoms with Crippen LogP contribution >= 0.6 is 11.3 Å². The van der Waals surface area contributed by atoms with E-state index in [2.05, 4.69) is 33.9 Å². The van der Waals surface area contributed by atoms with Gasteiger partial charge >= 0.3 is 0 Å². The summed E-state index contributed by atoms with van der Waals surface area (Å²) in [6.45, 7) is 5.64. The molecule has 1 saturated carbocycles. The SMILES string of the molecule is Cc1nc2scc(C)n2c1CNCC1(O)CCCCCC1. The van der Waals surface area contributed by atoms with Crippen LogP contribution in [0.15, 0.2) is 5.38 Å². The number of nitrogens with zero attached hydrogens (tertiary/aromatic N) is 2. The summed E-state index contributed by atoms with van der Waals surface area (Å²) in [5, 5.41) is 16.3. The Bertz CT molecular complexity index is 608. The molecule has 1 fully saturated rings. The molecule has 4 nitrogen and oxygen atoms in total. The smallest absolute Gasteiger partial charge is 0.194 e. The van der Waals surface area contributed by atoms with E-state index in [0.29, 0.717) is 6.54 Å². The van der Waals surface area contributed by atoms with Gasteiger partial charge in [0, 0.05) is 24.2 Å². The van der Waals surface area contributed by atoms with Crippen LogP contribution in [0.1, 0.15) is 55.6 Å². The Kier molecular flexibility index (Phi) is 4.33. The number of nitrogens with one attached hydrogen (secondary N) is 1. The third-order valence-corrected chi connectivity index (χ3v) is 5.55. The molecule has 0 unspecified atom stereocenters. The number of hydrogen-bond acceptors (Lipinski definition) is 4. The second-order valence-corrected chi connectivity index (χ2v) is 7.22. The predicted molar refractivity (Wildman–Crippen MR) is 86.9 cm³/mol. The topological polar surface area (TPSA) is 49.6 Å². The minimum Gasteiger partial charge on any atom is -0.389 e. The van der Waals surface area contributed by atoms with Crippen molar-refractivity contribution in [1.82, 2.24) is 14.7 Å². The van der Waals surface area contributed by atoms with Crippen molar-refractivity contribution in [2.45, 2.75) is 64.5 Å². The molecule has 0 radical (unpaired) electrons. The van der Waals surface area contributed by atoms with Crippen molar-refractivity contribution in [3.63, 3.8) is 0 Å². The lowest BCUT2D eigenvalue weighted by molar-refractivity contribution is 0.0249. The van der Waals surface area contributed by atoms with Crippen LogP contribution in [-0.4, -0.2) is 26.6 Å². The standard InChI is InChI=1S/C16H25N3OS/c1-12-10-21-15-18-13(2)14(19(12)15)9-17-11-16(20)7-5-3-4-6-8-16/h10,17,20H,3-9,11H2,1-2H3. The molecule has 0 amide bonds. The maximum atomic E-state index is 10.7. The molecule has 0 aliphatic heterocycles. The van der Waals surface area contributed by atoms with E-state index in [1.165, 1.54) is 24.2 Å². The normalized spacial score (nSPS) is 19.0. The van der Waals surface area contributed by atoms with E-state index in [0.717, 1.165) is 42.9 Å². The average Bonchev–Trinajstić information content (AvgIpc) is 2.85. The predicted octanol–water partition coefficient (Wildman–Crippen LogP) is 3.19. The maximum absolute atomic E-state index is 10.7. The Hall–Kier alpha value is -0.910. The summed E-state index contributed by atoms with van der Waals surface area (Å²) in [4.78, 5) is 5.68. The van der Waals surface area contributed by atoms with Crippen LogP contribution < -0.4 is 5.32 Å². The number of aliphatic hydroxyl groups is 1. The lowest BCUT2D eigenvalue weighted by Gasteiger charge is -2.27. The fraction of sp³-hybridized carbons (Fsp3) is 0.688. The van der Waals surface area contributed by atoms with E-state index in [1.54, 1.807) is 11.3 Å². The number of rotatable bonds is 4. The molecule has 1 aliphatic carbocycles. The van der Waals surface area contributed by atoms with Crippen molar-refractivity contribution < 1.29 is 5.11 Å². The van der Waals surface area contributed by atoms with E-state index in [1.807, 2.05) is 0 Å². The van der Waals surface area contributed by atoms with Gasteiger partial charge in [0.05, 0.1) is 17.0 Å². The van der Waals surface area contributed by atoms with Gasteiger partial charge in [0.1, 0.15) is 0 Å². The van der Waals surface area contributed by atoms with Crippen molar-refractivity contribution in [3.05, 3.63) is 22.5 Å². The van der Waals surface area contributed by atoms with Crippen molar-refractivity contribution in [2.75, 3.05) is 6.54 Å². The van der Waals surface area contributed by atoms with Gasteiger partial charge in [0.25, 0.3) is 0 Å². The first-order chi connectivity index (χ1) is 10.1. The van der Waals surface area contributed by atoms with Crippen LogP contribution in [0.25, 0.3) is 4.96 Å². The molecule has 0 atom stereocenters. The summed E-state index contributed by atoms with van der Waals surface area (Å²) < 4.78 is 2.23. The van der Waals surface area contributed by atoms with Crippen molar-refractivity contribution >= 4 is 16.3 Å². The van der Waals surface area contributed by atoms with Crippen molar-refractivity contribution in [1.29, 1.82) is 0 Å². The highest BCUT2D eigenvalue weighted by atomic mass is 32.1. The highest BCUT2D eigenvalue weighted by molar-refractivity contribution is 7.15. The van der Waals surface area contributed by atoms with E-state index in [-0.39, 0.29) is 0 Å². The molecule has 2 aromatic rings. The average molecular weight is 307 g/mol. The summed E-state index contributed by atoms with van der Waals surface area (Å²) in [6.07, 6.45) is 6.68. The Balaban J connectivity index is 1.66. The summed E-state index contributed by atoms with van der Waals surface area (Å²) in [5.41, 5.74) is 3.03. The number of hydrogen-bond donors (Lipinski definition) is 2. The molecule has 0 saturated heterocycles. The summed E-state index contributed by atoms with van der Waals surface area (Å²) in [6, 6.07) is 0. The van der Waals surface area contributed by atoms with Crippen LogP contribution in [0.4, 0.5) is 0 Å². The van der Waals surface area contributed by atoms with Gasteiger partial charge in [-0.1, -0.05) is 25.7 Å². The molecule has 0 bridgehead atoms. The van der Waals surface area contributed by atoms with Gasteiger partial charge in [-0.2, -0.15) is 0 Å². The fourth-order valence-corrected chi connectivity index (χ4v) is 4.28. The third-order valence-electron chi connectivity index (χ3n) is 4.61. The number of aryl methyl sites for hydroxylation is 2. The van der Waals surface area contributed by atoms with Gasteiger partial charge in [-0.3, -0.25) is 4.40 Å². The number of thiazole rings is 1. The largest absolute Gasteiger partial charge is 0.389 e. The monoisotopic (exact) mass is 307 g/mol. The van der Waals surface area contributed by atoms with E-state index >= 15 is 0 Å². The zero-order chi connectivity index (χ0) is 14.9. The highest BCUT2D eigenvalue weighted by Crippen LogP contribution is 2.26. The summed E-state index contributed by atoms with van der Waals surface area (Å²) >= 11 is 1.69. The van der Waals surface area contributed by atoms with Crippen LogP contribution in [0.3, 0.4) is 0 Å². The Morgan fingerprint density at radius 3 is 2.71 bits per heavy atom. The maximum Gasteiger partial charge on any atom is 0.194 e. The van der Waals surface area contributed by atoms with Crippen LogP contribution in [0.5, 0.6) is 0 Å². The number of aromatic nitrogens is 2. The highest BCUT2D eigenvalue weighted by Gasteiger charge is 2.27. The first kappa shape index (κ1) is 15.0. The van der Waals surface area contributed by atoms with E-state index < -0.39 is 5.60 Å². The molecule has 21 heavy (non-hydrogen) atoms. The van der Waals surface area contributed by atoms with Gasteiger partial charge in [0.2, 0.25) is 0 Å². The molecule has 0 spiro atoms. The Labute approximate surface area is 130 Å². The van der Waals surface area contributed by atoms with E-state index in [4.69, 9.17) is 0 Å². The molecule has 0 aromatic carbocycles. The van der Waals surface area contributed by atoms with Gasteiger partial charge < -0.3 is 10.4 Å². The first-order valence-corrected chi connectivity index (χ1v) is 8.82. The second-order valence-electron chi connectivity index (χ2n) is 6.38. The molecule has 3 rings (SSSR count). The van der Waals surface area contributed by atoms with Gasteiger partial charge in [0.15, 0.2) is 4.96 Å². The molecule has 116 valence electrons. The number of fused-ring (bicyclic) bond motifs is 1. The summed E-state index contributed by atoms with van der Waals surface area (Å²) in [7, 11) is 0. The lowest BCUT2D eigenvalue weighted by atomic mass is 9.94. The van der Waals surface area contributed by atoms with Gasteiger partial charge in [-0.15, -0.1) is 11.3 Å². The minimum atomic E-state index is -0.516. The molecular weight excluding hydrogens is 282 g/mol. The summed E-state index contributed by atoms with van der Waals surface area (Å²) in [5.74, 6) is 0. The zero-order valence-corrected chi connectivity index (χ0v) is 13.8. The molecule has 2 N–H and O–H groups in total. The number of imidazole rings is 1. The van der Waals surface area contributed by atoms with Crippen molar-refractivity contribution in [2.24, 2.45) is 0 Å². The zero-order valence-electron chi connectivity index (χ0n) is 13.0. The molecule has 2 aromatic heterocycles. The minimum absolute atomic E-state index is 0.516. The lowest BCUT2D eigenvalue weighted by Crippen LogP contribution is -2.40. The molecule has 2 heterocycles. The second kappa shape index (κ2) is 6.07. The fourth-order valence-electron chi connectivity index (χ4n) is 3.35. The van der Waals surface area contributed by atoms with Crippen molar-refractivity contribution in [3.8, 4) is 0 Å². The third kappa shape index (κ3) is 3.15. The van der Waals surface area contributed by atoms with Crippen LogP contribution in [0.2, 0.25) is 0 Å². The van der Waals surface area contributed by atoms with Gasteiger partial charge in [-0.25, -0.2) is 4.98 Å². The quantitative estimate of drug-likeness (QED) is 0.853. The Morgan fingerprint density at radius 1 is 1.29 bits per heavy atom. The molecule has 1 aliphatic rings. The Morgan fingerprint density at radius 2 is 2.00 bits per heavy atom.